The van der Waals surface area contributed by atoms with E-state index in [-0.39, 0.29) is 5.78 Å². The minimum absolute atomic E-state index is 0.00991. The fraction of sp³-hybridized carbons (Fsp3) is 0.357. The lowest BCUT2D eigenvalue weighted by Gasteiger charge is -2.18. The van der Waals surface area contributed by atoms with Crippen molar-refractivity contribution in [1.29, 1.82) is 0 Å². The number of benzene rings is 1. The molecule has 0 aromatic heterocycles. The summed E-state index contributed by atoms with van der Waals surface area (Å²) in [5.74, 6) is 1.23. The van der Waals surface area contributed by atoms with E-state index in [4.69, 9.17) is 9.47 Å². The van der Waals surface area contributed by atoms with Gasteiger partial charge in [-0.05, 0) is 18.2 Å². The van der Waals surface area contributed by atoms with Gasteiger partial charge in [-0.2, -0.15) is 0 Å². The van der Waals surface area contributed by atoms with E-state index in [1.807, 2.05) is 29.2 Å². The van der Waals surface area contributed by atoms with Crippen molar-refractivity contribution in [3.63, 3.8) is 0 Å². The van der Waals surface area contributed by atoms with Crippen LogP contribution in [0.5, 0.6) is 11.5 Å². The van der Waals surface area contributed by atoms with Crippen molar-refractivity contribution < 1.29 is 14.3 Å². The monoisotopic (exact) mass is 262 g/mol. The second-order valence-corrected chi connectivity index (χ2v) is 4.43. The van der Waals surface area contributed by atoms with E-state index in [0.29, 0.717) is 23.6 Å². The van der Waals surface area contributed by atoms with Gasteiger partial charge in [-0.25, -0.2) is 0 Å². The predicted molar refractivity (Wildman–Crippen MR) is 72.4 cm³/mol. The molecule has 102 valence electrons. The van der Waals surface area contributed by atoms with Crippen molar-refractivity contribution in [2.45, 2.75) is 0 Å². The van der Waals surface area contributed by atoms with Crippen molar-refractivity contribution in [3.05, 3.63) is 36.2 Å². The first-order valence-corrected chi connectivity index (χ1v) is 6.02. The summed E-state index contributed by atoms with van der Waals surface area (Å²) < 4.78 is 10.4. The molecule has 0 fully saturated rings. The molecule has 1 heterocycles. The first-order valence-electron chi connectivity index (χ1n) is 6.02. The molecule has 0 spiro atoms. The number of hydrogen-bond donors (Lipinski definition) is 0. The highest BCUT2D eigenvalue weighted by Crippen LogP contribution is 2.24. The van der Waals surface area contributed by atoms with E-state index < -0.39 is 0 Å². The predicted octanol–water partition coefficient (Wildman–Crippen LogP) is 1.56. The molecule has 0 saturated carbocycles. The van der Waals surface area contributed by atoms with Crippen LogP contribution in [-0.2, 0) is 0 Å². The summed E-state index contributed by atoms with van der Waals surface area (Å²) in [4.78, 5) is 16.3. The molecule has 5 nitrogen and oxygen atoms in total. The molecule has 1 aromatic rings. The molecule has 0 unspecified atom stereocenters. The Labute approximate surface area is 113 Å². The highest BCUT2D eigenvalue weighted by atomic mass is 16.5. The first kappa shape index (κ1) is 13.3. The van der Waals surface area contributed by atoms with Crippen molar-refractivity contribution >= 4 is 5.78 Å². The Balaban J connectivity index is 2.15. The van der Waals surface area contributed by atoms with Crippen LogP contribution in [0.2, 0.25) is 0 Å². The Hall–Kier alpha value is -2.17. The van der Waals surface area contributed by atoms with Crippen LogP contribution in [0.3, 0.4) is 0 Å². The average Bonchev–Trinajstić information content (AvgIpc) is 2.83. The second-order valence-electron chi connectivity index (χ2n) is 4.43. The minimum atomic E-state index is 0.00991. The number of methoxy groups -OCH3 is 2. The lowest BCUT2D eigenvalue weighted by atomic mass is 10.1. The lowest BCUT2D eigenvalue weighted by molar-refractivity contribution is 0.0945. The van der Waals surface area contributed by atoms with Crippen LogP contribution >= 0.6 is 0 Å². The Morgan fingerprint density at radius 3 is 2.63 bits per heavy atom. The molecule has 5 heteroatoms. The molecule has 1 aromatic carbocycles. The number of nitrogens with zero attached hydrogens (tertiary/aromatic N) is 2. The molecular formula is C14H18N2O3. The van der Waals surface area contributed by atoms with Gasteiger partial charge in [0.05, 0.1) is 33.0 Å². The number of ether oxygens (including phenoxy) is 2. The van der Waals surface area contributed by atoms with Crippen molar-refractivity contribution in [3.8, 4) is 11.5 Å². The van der Waals surface area contributed by atoms with E-state index >= 15 is 0 Å². The average molecular weight is 262 g/mol. The zero-order valence-electron chi connectivity index (χ0n) is 11.4. The third-order valence-electron chi connectivity index (χ3n) is 2.99. The van der Waals surface area contributed by atoms with Crippen LogP contribution in [-0.4, -0.2) is 50.1 Å². The van der Waals surface area contributed by atoms with E-state index in [1.54, 1.807) is 32.4 Å². The van der Waals surface area contributed by atoms with E-state index in [1.165, 1.54) is 0 Å². The molecule has 1 aliphatic heterocycles. The quantitative estimate of drug-likeness (QED) is 0.753. The van der Waals surface area contributed by atoms with E-state index in [2.05, 4.69) is 0 Å². The Kier molecular flexibility index (Phi) is 3.94. The third-order valence-corrected chi connectivity index (χ3v) is 2.99. The van der Waals surface area contributed by atoms with Crippen molar-refractivity contribution in [1.82, 2.24) is 9.80 Å². The van der Waals surface area contributed by atoms with Gasteiger partial charge in [0.1, 0.15) is 11.5 Å². The third kappa shape index (κ3) is 2.99. The molecule has 0 amide bonds. The summed E-state index contributed by atoms with van der Waals surface area (Å²) in [7, 11) is 5.10. The molecule has 1 aliphatic rings. The topological polar surface area (TPSA) is 42.0 Å². The van der Waals surface area contributed by atoms with Crippen LogP contribution in [0.15, 0.2) is 30.6 Å². The summed E-state index contributed by atoms with van der Waals surface area (Å²) >= 11 is 0. The lowest BCUT2D eigenvalue weighted by Crippen LogP contribution is -2.28. The molecule has 0 saturated heterocycles. The Bertz CT molecular complexity index is 499. The summed E-state index contributed by atoms with van der Waals surface area (Å²) in [5, 5.41) is 0. The van der Waals surface area contributed by atoms with Gasteiger partial charge in [0, 0.05) is 19.4 Å². The van der Waals surface area contributed by atoms with Gasteiger partial charge in [0.15, 0.2) is 5.78 Å². The Morgan fingerprint density at radius 2 is 2.05 bits per heavy atom. The molecule has 2 rings (SSSR count). The maximum atomic E-state index is 12.3. The van der Waals surface area contributed by atoms with Crippen LogP contribution < -0.4 is 9.47 Å². The van der Waals surface area contributed by atoms with Gasteiger partial charge < -0.3 is 19.3 Å². The fourth-order valence-corrected chi connectivity index (χ4v) is 1.99. The molecule has 0 aliphatic carbocycles. The molecule has 0 atom stereocenters. The fourth-order valence-electron chi connectivity index (χ4n) is 1.99. The van der Waals surface area contributed by atoms with Gasteiger partial charge in [0.25, 0.3) is 0 Å². The molecular weight excluding hydrogens is 244 g/mol. The van der Waals surface area contributed by atoms with Crippen LogP contribution in [0, 0.1) is 0 Å². The number of hydrogen-bond acceptors (Lipinski definition) is 5. The second kappa shape index (κ2) is 5.65. The largest absolute Gasteiger partial charge is 0.497 e. The molecule has 0 N–H and O–H groups in total. The van der Waals surface area contributed by atoms with Gasteiger partial charge in [-0.1, -0.05) is 0 Å². The van der Waals surface area contributed by atoms with Gasteiger partial charge >= 0.3 is 0 Å². The van der Waals surface area contributed by atoms with Crippen LogP contribution in [0.1, 0.15) is 10.4 Å². The minimum Gasteiger partial charge on any atom is -0.497 e. The van der Waals surface area contributed by atoms with Gasteiger partial charge in [-0.15, -0.1) is 0 Å². The van der Waals surface area contributed by atoms with Gasteiger partial charge in [0.2, 0.25) is 0 Å². The maximum absolute atomic E-state index is 12.3. The number of carbonyl (C=O) groups excluding carboxylic acids is 1. The van der Waals surface area contributed by atoms with Crippen molar-refractivity contribution in [2.75, 3.05) is 34.5 Å². The summed E-state index contributed by atoms with van der Waals surface area (Å²) in [6.45, 7) is 1.04. The summed E-state index contributed by atoms with van der Waals surface area (Å²) in [6, 6.07) is 5.24. The zero-order valence-corrected chi connectivity index (χ0v) is 11.4. The number of ketones is 1. The Morgan fingerprint density at radius 1 is 1.26 bits per heavy atom. The van der Waals surface area contributed by atoms with E-state index in [9.17, 15) is 4.79 Å². The number of rotatable bonds is 5. The zero-order chi connectivity index (χ0) is 13.8. The van der Waals surface area contributed by atoms with Crippen molar-refractivity contribution in [2.24, 2.45) is 0 Å². The molecule has 19 heavy (non-hydrogen) atoms. The SMILES string of the molecule is COc1ccc(OC)c(C(=O)CN2C=CN(C)C2)c1. The summed E-state index contributed by atoms with van der Waals surface area (Å²) in [6.07, 6.45) is 3.85. The molecule has 0 radical (unpaired) electrons. The highest BCUT2D eigenvalue weighted by molar-refractivity contribution is 6.00. The number of Topliss-reactive ketones (excluding diaryl/α,β-unsaturated/α-hetero) is 1. The van der Waals surface area contributed by atoms with Crippen LogP contribution in [0.4, 0.5) is 0 Å². The normalized spacial score (nSPS) is 13.8. The highest BCUT2D eigenvalue weighted by Gasteiger charge is 2.18. The first-order chi connectivity index (χ1) is 9.13. The smallest absolute Gasteiger partial charge is 0.185 e. The van der Waals surface area contributed by atoms with Crippen LogP contribution in [0.25, 0.3) is 0 Å². The summed E-state index contributed by atoms with van der Waals surface area (Å²) in [5.41, 5.74) is 0.546. The standard InChI is InChI=1S/C14H18N2O3/c1-15-6-7-16(10-15)9-13(17)12-8-11(18-2)4-5-14(12)19-3/h4-8H,9-10H2,1-3H3. The molecule has 0 bridgehead atoms. The van der Waals surface area contributed by atoms with E-state index in [0.717, 1.165) is 6.67 Å². The number of carbonyl (C=O) groups is 1. The maximum Gasteiger partial charge on any atom is 0.185 e. The van der Waals surface area contributed by atoms with Gasteiger partial charge in [-0.3, -0.25) is 4.79 Å².